The van der Waals surface area contributed by atoms with Crippen molar-refractivity contribution < 1.29 is 4.74 Å². The van der Waals surface area contributed by atoms with Crippen molar-refractivity contribution in [2.75, 3.05) is 64.4 Å². The topological polar surface area (TPSA) is 52.1 Å². The number of nitrogens with one attached hydrogen (secondary N) is 2. The number of guanidine groups is 1. The minimum atomic E-state index is 0.586. The van der Waals surface area contributed by atoms with Crippen LogP contribution in [0.3, 0.4) is 0 Å². The molecule has 2 saturated heterocycles. The first kappa shape index (κ1) is 20.8. The summed E-state index contributed by atoms with van der Waals surface area (Å²) in [4.78, 5) is 9.85. The molecule has 1 atom stereocenters. The van der Waals surface area contributed by atoms with Crippen LogP contribution in [0.4, 0.5) is 5.69 Å². The molecule has 0 amide bonds. The highest BCUT2D eigenvalue weighted by atomic mass is 16.5. The number of hydrogen-bond donors (Lipinski definition) is 2. The third kappa shape index (κ3) is 6.03. The first-order valence-electron chi connectivity index (χ1n) is 10.9. The van der Waals surface area contributed by atoms with Crippen LogP contribution in [0.1, 0.15) is 32.6 Å². The fourth-order valence-corrected chi connectivity index (χ4v) is 4.17. The van der Waals surface area contributed by atoms with E-state index in [2.05, 4.69) is 39.5 Å². The summed E-state index contributed by atoms with van der Waals surface area (Å²) in [6.07, 6.45) is 5.26. The van der Waals surface area contributed by atoms with Crippen molar-refractivity contribution in [3.8, 4) is 5.75 Å². The van der Waals surface area contributed by atoms with Gasteiger partial charge in [-0.3, -0.25) is 4.99 Å². The summed E-state index contributed by atoms with van der Waals surface area (Å²) in [5.41, 5.74) is 1.20. The lowest BCUT2D eigenvalue weighted by molar-refractivity contribution is 0.232. The lowest BCUT2D eigenvalue weighted by Crippen LogP contribution is -2.43. The molecule has 2 fully saturated rings. The molecule has 0 aliphatic carbocycles. The molecule has 2 aliphatic rings. The van der Waals surface area contributed by atoms with Crippen LogP contribution in [0.2, 0.25) is 0 Å². The summed E-state index contributed by atoms with van der Waals surface area (Å²) in [6.45, 7) is 10.6. The van der Waals surface area contributed by atoms with Gasteiger partial charge in [0.2, 0.25) is 0 Å². The number of likely N-dealkylation sites (tertiary alicyclic amines) is 1. The third-order valence-electron chi connectivity index (χ3n) is 5.73. The van der Waals surface area contributed by atoms with E-state index in [9.17, 15) is 0 Å². The van der Waals surface area contributed by atoms with Crippen molar-refractivity contribution in [1.82, 2.24) is 15.5 Å². The van der Waals surface area contributed by atoms with E-state index in [1.54, 1.807) is 7.11 Å². The molecule has 2 N–H and O–H groups in total. The fourth-order valence-electron chi connectivity index (χ4n) is 4.17. The Labute approximate surface area is 170 Å². The molecule has 0 aromatic heterocycles. The molecule has 6 nitrogen and oxygen atoms in total. The van der Waals surface area contributed by atoms with Crippen LogP contribution in [0.5, 0.6) is 5.75 Å². The summed E-state index contributed by atoms with van der Waals surface area (Å²) in [5, 5.41) is 6.91. The Morgan fingerprint density at radius 3 is 2.75 bits per heavy atom. The molecule has 1 unspecified atom stereocenters. The quantitative estimate of drug-likeness (QED) is 0.530. The number of methoxy groups -OCH3 is 1. The van der Waals surface area contributed by atoms with Crippen molar-refractivity contribution in [2.24, 2.45) is 10.9 Å². The van der Waals surface area contributed by atoms with Crippen molar-refractivity contribution in [2.45, 2.75) is 32.6 Å². The molecule has 1 aromatic rings. The van der Waals surface area contributed by atoms with Crippen molar-refractivity contribution in [3.63, 3.8) is 0 Å². The largest absolute Gasteiger partial charge is 0.495 e. The number of rotatable bonds is 8. The van der Waals surface area contributed by atoms with Crippen molar-refractivity contribution in [1.29, 1.82) is 0 Å². The second-order valence-corrected chi connectivity index (χ2v) is 7.82. The standard InChI is InChI=1S/C22H37N5O/c1-3-23-22(24-12-16-26-13-7-4-8-14-26)25-17-19-11-15-27(18-19)20-9-5-6-10-21(20)28-2/h5-6,9-10,19H,3-4,7-8,11-18H2,1-2H3,(H2,23,24,25). The van der Waals surface area contributed by atoms with E-state index >= 15 is 0 Å². The van der Waals surface area contributed by atoms with Gasteiger partial charge >= 0.3 is 0 Å². The van der Waals surface area contributed by atoms with Gasteiger partial charge in [-0.05, 0) is 57.3 Å². The number of nitrogens with zero attached hydrogens (tertiary/aromatic N) is 3. The zero-order valence-electron chi connectivity index (χ0n) is 17.6. The Morgan fingerprint density at radius 2 is 1.96 bits per heavy atom. The van der Waals surface area contributed by atoms with Gasteiger partial charge < -0.3 is 25.2 Å². The first-order chi connectivity index (χ1) is 13.8. The van der Waals surface area contributed by atoms with Gasteiger partial charge in [0.1, 0.15) is 5.75 Å². The molecule has 0 spiro atoms. The maximum Gasteiger partial charge on any atom is 0.191 e. The summed E-state index contributed by atoms with van der Waals surface area (Å²) in [7, 11) is 1.74. The van der Waals surface area contributed by atoms with Gasteiger partial charge in [-0.25, -0.2) is 0 Å². The number of benzene rings is 1. The molecular weight excluding hydrogens is 350 g/mol. The molecule has 28 heavy (non-hydrogen) atoms. The highest BCUT2D eigenvalue weighted by molar-refractivity contribution is 5.79. The maximum atomic E-state index is 5.52. The molecule has 156 valence electrons. The van der Waals surface area contributed by atoms with Gasteiger partial charge in [-0.15, -0.1) is 0 Å². The number of anilines is 1. The second-order valence-electron chi connectivity index (χ2n) is 7.82. The molecule has 3 rings (SSSR count). The zero-order chi connectivity index (χ0) is 19.6. The van der Waals surface area contributed by atoms with Crippen molar-refractivity contribution >= 4 is 11.6 Å². The van der Waals surface area contributed by atoms with E-state index in [-0.39, 0.29) is 0 Å². The molecule has 1 aromatic carbocycles. The van der Waals surface area contributed by atoms with Gasteiger partial charge in [0.25, 0.3) is 0 Å². The van der Waals surface area contributed by atoms with Gasteiger partial charge in [0.15, 0.2) is 5.96 Å². The Hall–Kier alpha value is -1.95. The smallest absolute Gasteiger partial charge is 0.191 e. The van der Waals surface area contributed by atoms with E-state index in [1.165, 1.54) is 44.5 Å². The number of hydrogen-bond acceptors (Lipinski definition) is 4. The third-order valence-corrected chi connectivity index (χ3v) is 5.73. The number of piperidine rings is 1. The van der Waals surface area contributed by atoms with E-state index in [0.29, 0.717) is 5.92 Å². The van der Waals surface area contributed by atoms with Crippen LogP contribution in [-0.4, -0.2) is 70.3 Å². The molecule has 6 heteroatoms. The SMILES string of the molecule is CCNC(=NCC1CCN(c2ccccc2OC)C1)NCCN1CCCCC1. The normalized spacial score (nSPS) is 21.0. The molecule has 0 bridgehead atoms. The van der Waals surface area contributed by atoms with Crippen LogP contribution in [0.25, 0.3) is 0 Å². The van der Waals surface area contributed by atoms with E-state index < -0.39 is 0 Å². The van der Waals surface area contributed by atoms with Crippen LogP contribution in [0.15, 0.2) is 29.3 Å². The summed E-state index contributed by atoms with van der Waals surface area (Å²) < 4.78 is 5.52. The zero-order valence-corrected chi connectivity index (χ0v) is 17.6. The Bertz CT molecular complexity index is 615. The molecule has 2 aliphatic heterocycles. The molecule has 2 heterocycles. The Kier molecular flexibility index (Phi) is 8.27. The Morgan fingerprint density at radius 1 is 1.14 bits per heavy atom. The minimum absolute atomic E-state index is 0.586. The monoisotopic (exact) mass is 387 g/mol. The summed E-state index contributed by atoms with van der Waals surface area (Å²) in [5.74, 6) is 2.50. The number of ether oxygens (including phenoxy) is 1. The average Bonchev–Trinajstić information content (AvgIpc) is 3.21. The summed E-state index contributed by atoms with van der Waals surface area (Å²) in [6, 6.07) is 8.30. The number of aliphatic imine (C=N–C) groups is 1. The van der Waals surface area contributed by atoms with Crippen LogP contribution >= 0.6 is 0 Å². The lowest BCUT2D eigenvalue weighted by Gasteiger charge is -2.26. The second kappa shape index (κ2) is 11.1. The van der Waals surface area contributed by atoms with Gasteiger partial charge in [-0.2, -0.15) is 0 Å². The molecule has 0 radical (unpaired) electrons. The average molecular weight is 388 g/mol. The highest BCUT2D eigenvalue weighted by Crippen LogP contribution is 2.31. The minimum Gasteiger partial charge on any atom is -0.495 e. The van der Waals surface area contributed by atoms with Crippen LogP contribution < -0.4 is 20.3 Å². The van der Waals surface area contributed by atoms with E-state index in [1.807, 2.05) is 12.1 Å². The van der Waals surface area contributed by atoms with Gasteiger partial charge in [0, 0.05) is 39.3 Å². The van der Waals surface area contributed by atoms with Gasteiger partial charge in [0.05, 0.1) is 12.8 Å². The maximum absolute atomic E-state index is 5.52. The van der Waals surface area contributed by atoms with Crippen molar-refractivity contribution in [3.05, 3.63) is 24.3 Å². The van der Waals surface area contributed by atoms with Gasteiger partial charge in [-0.1, -0.05) is 18.6 Å². The van der Waals surface area contributed by atoms with E-state index in [0.717, 1.165) is 51.0 Å². The number of para-hydroxylation sites is 2. The first-order valence-corrected chi connectivity index (χ1v) is 10.9. The Balaban J connectivity index is 1.46. The lowest BCUT2D eigenvalue weighted by atomic mass is 10.1. The van der Waals surface area contributed by atoms with Crippen LogP contribution in [0, 0.1) is 5.92 Å². The van der Waals surface area contributed by atoms with Crippen LogP contribution in [-0.2, 0) is 0 Å². The fraction of sp³-hybridized carbons (Fsp3) is 0.682. The predicted molar refractivity (Wildman–Crippen MR) is 118 cm³/mol. The molecule has 0 saturated carbocycles. The van der Waals surface area contributed by atoms with E-state index in [4.69, 9.17) is 9.73 Å². The molecular formula is C22H37N5O. The highest BCUT2D eigenvalue weighted by Gasteiger charge is 2.24. The summed E-state index contributed by atoms with van der Waals surface area (Å²) >= 11 is 0. The predicted octanol–water partition coefficient (Wildman–Crippen LogP) is 2.56.